The van der Waals surface area contributed by atoms with Crippen LogP contribution in [0.2, 0.25) is 5.02 Å². The molecular weight excluding hydrogens is 357 g/mol. The molecule has 0 saturated carbocycles. The lowest BCUT2D eigenvalue weighted by Crippen LogP contribution is -2.13. The maximum absolute atomic E-state index is 13.3. The standard InChI is InChI=1S/C12H8BrClFNO2S/c13-9-3-1-2-4-12(9)19(17,18)16-8-5-6-10(14)11(15)7-8/h1-7,16H. The topological polar surface area (TPSA) is 46.2 Å². The number of rotatable bonds is 3. The minimum absolute atomic E-state index is 0.0659. The van der Waals surface area contributed by atoms with E-state index < -0.39 is 15.8 Å². The number of hydrogen-bond donors (Lipinski definition) is 1. The highest BCUT2D eigenvalue weighted by Crippen LogP contribution is 2.25. The van der Waals surface area contributed by atoms with E-state index in [0.717, 1.165) is 6.07 Å². The van der Waals surface area contributed by atoms with Gasteiger partial charge in [-0.05, 0) is 46.3 Å². The molecule has 0 bridgehead atoms. The fourth-order valence-corrected chi connectivity index (χ4v) is 3.60. The van der Waals surface area contributed by atoms with E-state index in [1.54, 1.807) is 18.2 Å². The monoisotopic (exact) mass is 363 g/mol. The summed E-state index contributed by atoms with van der Waals surface area (Å²) in [6.07, 6.45) is 0. The number of benzene rings is 2. The highest BCUT2D eigenvalue weighted by molar-refractivity contribution is 9.10. The second-order valence-corrected chi connectivity index (χ2v) is 6.58. The van der Waals surface area contributed by atoms with Gasteiger partial charge in [-0.25, -0.2) is 12.8 Å². The Hall–Kier alpha value is -1.11. The number of halogens is 3. The lowest BCUT2D eigenvalue weighted by Gasteiger charge is -2.09. The van der Waals surface area contributed by atoms with Crippen molar-refractivity contribution < 1.29 is 12.8 Å². The molecule has 3 nitrogen and oxygen atoms in total. The molecule has 0 fully saturated rings. The molecule has 0 atom stereocenters. The van der Waals surface area contributed by atoms with E-state index in [1.165, 1.54) is 18.2 Å². The molecule has 0 aromatic heterocycles. The SMILES string of the molecule is O=S(=O)(Nc1ccc(Cl)c(F)c1)c1ccccc1Br. The lowest BCUT2D eigenvalue weighted by atomic mass is 10.3. The molecular formula is C12H8BrClFNO2S. The van der Waals surface area contributed by atoms with Crippen molar-refractivity contribution in [2.45, 2.75) is 4.90 Å². The Balaban J connectivity index is 2.37. The molecule has 7 heteroatoms. The summed E-state index contributed by atoms with van der Waals surface area (Å²) < 4.78 is 40.2. The normalized spacial score (nSPS) is 11.3. The Morgan fingerprint density at radius 3 is 2.47 bits per heavy atom. The van der Waals surface area contributed by atoms with Gasteiger partial charge in [0, 0.05) is 4.47 Å². The molecule has 2 aromatic rings. The number of anilines is 1. The summed E-state index contributed by atoms with van der Waals surface area (Å²) in [5.74, 6) is -0.686. The van der Waals surface area contributed by atoms with Gasteiger partial charge in [0.05, 0.1) is 10.7 Å². The minimum Gasteiger partial charge on any atom is -0.279 e. The quantitative estimate of drug-likeness (QED) is 0.893. The van der Waals surface area contributed by atoms with Crippen molar-refractivity contribution in [1.29, 1.82) is 0 Å². The Labute approximate surface area is 123 Å². The van der Waals surface area contributed by atoms with E-state index in [-0.39, 0.29) is 15.6 Å². The van der Waals surface area contributed by atoms with Crippen LogP contribution in [-0.4, -0.2) is 8.42 Å². The van der Waals surface area contributed by atoms with E-state index in [2.05, 4.69) is 20.7 Å². The van der Waals surface area contributed by atoms with E-state index in [4.69, 9.17) is 11.6 Å². The Kier molecular flexibility index (Phi) is 4.13. The molecule has 0 aliphatic carbocycles. The van der Waals surface area contributed by atoms with E-state index >= 15 is 0 Å². The van der Waals surface area contributed by atoms with E-state index in [9.17, 15) is 12.8 Å². The number of hydrogen-bond acceptors (Lipinski definition) is 2. The van der Waals surface area contributed by atoms with Gasteiger partial charge < -0.3 is 0 Å². The van der Waals surface area contributed by atoms with Gasteiger partial charge in [0.15, 0.2) is 0 Å². The summed E-state index contributed by atoms with van der Waals surface area (Å²) in [4.78, 5) is 0.0744. The van der Waals surface area contributed by atoms with Crippen LogP contribution >= 0.6 is 27.5 Å². The fraction of sp³-hybridized carbons (Fsp3) is 0. The third-order valence-electron chi connectivity index (χ3n) is 2.30. The molecule has 0 aliphatic rings. The van der Waals surface area contributed by atoms with Crippen molar-refractivity contribution in [3.05, 3.63) is 57.8 Å². The summed E-state index contributed by atoms with van der Waals surface area (Å²) >= 11 is 8.69. The molecule has 0 spiro atoms. The first kappa shape index (κ1) is 14.3. The number of nitrogens with one attached hydrogen (secondary N) is 1. The summed E-state index contributed by atoms with van der Waals surface area (Å²) in [5.41, 5.74) is 0.109. The van der Waals surface area contributed by atoms with Gasteiger partial charge in [0.25, 0.3) is 10.0 Å². The Morgan fingerprint density at radius 2 is 1.84 bits per heavy atom. The van der Waals surface area contributed by atoms with E-state index in [0.29, 0.717) is 4.47 Å². The van der Waals surface area contributed by atoms with Gasteiger partial charge >= 0.3 is 0 Å². The van der Waals surface area contributed by atoms with Gasteiger partial charge in [0.2, 0.25) is 0 Å². The van der Waals surface area contributed by atoms with Crippen molar-refractivity contribution in [2.75, 3.05) is 4.72 Å². The predicted molar refractivity (Wildman–Crippen MR) is 76.4 cm³/mol. The van der Waals surface area contributed by atoms with Crippen molar-refractivity contribution in [1.82, 2.24) is 0 Å². The first-order chi connectivity index (χ1) is 8.90. The van der Waals surface area contributed by atoms with Crippen LogP contribution in [0.15, 0.2) is 51.8 Å². The highest BCUT2D eigenvalue weighted by atomic mass is 79.9. The van der Waals surface area contributed by atoms with Crippen LogP contribution in [0.25, 0.3) is 0 Å². The summed E-state index contributed by atoms with van der Waals surface area (Å²) in [6.45, 7) is 0. The zero-order valence-corrected chi connectivity index (χ0v) is 12.6. The highest BCUT2D eigenvalue weighted by Gasteiger charge is 2.17. The fourth-order valence-electron chi connectivity index (χ4n) is 1.43. The van der Waals surface area contributed by atoms with Crippen molar-refractivity contribution in [3.63, 3.8) is 0 Å². The van der Waals surface area contributed by atoms with E-state index in [1.807, 2.05) is 0 Å². The molecule has 0 amide bonds. The van der Waals surface area contributed by atoms with Crippen LogP contribution in [0.4, 0.5) is 10.1 Å². The summed E-state index contributed by atoms with van der Waals surface area (Å²) in [6, 6.07) is 10.0. The Bertz CT molecular complexity index is 721. The average molecular weight is 365 g/mol. The van der Waals surface area contributed by atoms with Crippen LogP contribution in [0.3, 0.4) is 0 Å². The van der Waals surface area contributed by atoms with Crippen molar-refractivity contribution in [3.8, 4) is 0 Å². The molecule has 0 heterocycles. The molecule has 2 rings (SSSR count). The molecule has 2 aromatic carbocycles. The maximum Gasteiger partial charge on any atom is 0.263 e. The Morgan fingerprint density at radius 1 is 1.16 bits per heavy atom. The smallest absolute Gasteiger partial charge is 0.263 e. The third-order valence-corrected chi connectivity index (χ3v) is 5.00. The summed E-state index contributed by atoms with van der Waals surface area (Å²) in [5, 5.41) is -0.0659. The van der Waals surface area contributed by atoms with Crippen LogP contribution in [0, 0.1) is 5.82 Å². The second-order valence-electron chi connectivity index (χ2n) is 3.66. The molecule has 19 heavy (non-hydrogen) atoms. The van der Waals surface area contributed by atoms with Crippen LogP contribution < -0.4 is 4.72 Å². The molecule has 0 radical (unpaired) electrons. The number of sulfonamides is 1. The van der Waals surface area contributed by atoms with Gasteiger partial charge in [0.1, 0.15) is 10.7 Å². The van der Waals surface area contributed by atoms with Gasteiger partial charge in [-0.1, -0.05) is 23.7 Å². The first-order valence-electron chi connectivity index (χ1n) is 5.12. The van der Waals surface area contributed by atoms with Crippen LogP contribution in [-0.2, 0) is 10.0 Å². The predicted octanol–water partition coefficient (Wildman–Crippen LogP) is 4.04. The lowest BCUT2D eigenvalue weighted by molar-refractivity contribution is 0.600. The van der Waals surface area contributed by atoms with Crippen LogP contribution in [0.5, 0.6) is 0 Å². The van der Waals surface area contributed by atoms with Crippen molar-refractivity contribution in [2.24, 2.45) is 0 Å². The zero-order valence-electron chi connectivity index (χ0n) is 9.40. The van der Waals surface area contributed by atoms with Gasteiger partial charge in [-0.2, -0.15) is 0 Å². The zero-order chi connectivity index (χ0) is 14.0. The molecule has 100 valence electrons. The molecule has 0 aliphatic heterocycles. The minimum atomic E-state index is -3.78. The molecule has 0 saturated heterocycles. The second kappa shape index (κ2) is 5.48. The van der Waals surface area contributed by atoms with Crippen molar-refractivity contribution >= 4 is 43.2 Å². The summed E-state index contributed by atoms with van der Waals surface area (Å²) in [7, 11) is -3.78. The molecule has 1 N–H and O–H groups in total. The van der Waals surface area contributed by atoms with Crippen LogP contribution in [0.1, 0.15) is 0 Å². The average Bonchev–Trinajstić information content (AvgIpc) is 2.34. The maximum atomic E-state index is 13.3. The largest absolute Gasteiger partial charge is 0.279 e. The first-order valence-corrected chi connectivity index (χ1v) is 7.78. The molecule has 0 unspecified atom stereocenters. The van der Waals surface area contributed by atoms with Gasteiger partial charge in [-0.15, -0.1) is 0 Å². The third kappa shape index (κ3) is 3.26. The van der Waals surface area contributed by atoms with Gasteiger partial charge in [-0.3, -0.25) is 4.72 Å².